The quantitative estimate of drug-likeness (QED) is 0.753. The van der Waals surface area contributed by atoms with Crippen LogP contribution in [0.5, 0.6) is 0 Å². The third kappa shape index (κ3) is 3.31. The molecule has 1 atom stereocenters. The monoisotopic (exact) mass is 336 g/mol. The van der Waals surface area contributed by atoms with Crippen LogP contribution in [0.25, 0.3) is 11.1 Å². The van der Waals surface area contributed by atoms with Crippen molar-refractivity contribution in [2.24, 2.45) is 5.73 Å². The molecule has 0 spiro atoms. The standard InChI is InChI=1S/C20H17ClN2O/c1-13(14-2-5-17(21)6-3-14)19-12-16(4-7-18(19)20(22)24)15-8-10-23-11-9-15/h2-13H,1H3,(H2,22,24)/t13-/m0/s1. The van der Waals surface area contributed by atoms with Crippen LogP contribution in [0.1, 0.15) is 34.3 Å². The average molecular weight is 337 g/mol. The van der Waals surface area contributed by atoms with E-state index >= 15 is 0 Å². The van der Waals surface area contributed by atoms with Crippen LogP contribution in [-0.2, 0) is 0 Å². The van der Waals surface area contributed by atoms with Gasteiger partial charge in [0, 0.05) is 28.9 Å². The van der Waals surface area contributed by atoms with Gasteiger partial charge in [-0.1, -0.05) is 36.7 Å². The van der Waals surface area contributed by atoms with Gasteiger partial charge in [-0.05, 0) is 58.7 Å². The lowest BCUT2D eigenvalue weighted by Gasteiger charge is -2.17. The Labute approximate surface area is 146 Å². The largest absolute Gasteiger partial charge is 0.366 e. The van der Waals surface area contributed by atoms with Gasteiger partial charge in [0.15, 0.2) is 0 Å². The number of amides is 1. The smallest absolute Gasteiger partial charge is 0.248 e. The molecule has 0 radical (unpaired) electrons. The van der Waals surface area contributed by atoms with E-state index < -0.39 is 5.91 Å². The lowest BCUT2D eigenvalue weighted by atomic mass is 9.87. The van der Waals surface area contributed by atoms with Crippen molar-refractivity contribution >= 4 is 17.5 Å². The predicted molar refractivity (Wildman–Crippen MR) is 97.2 cm³/mol. The van der Waals surface area contributed by atoms with Gasteiger partial charge in [0.25, 0.3) is 0 Å². The Morgan fingerprint density at radius 3 is 2.29 bits per heavy atom. The summed E-state index contributed by atoms with van der Waals surface area (Å²) in [5.41, 5.74) is 10.2. The Bertz CT molecular complexity index is 861. The van der Waals surface area contributed by atoms with E-state index in [1.54, 1.807) is 18.5 Å². The van der Waals surface area contributed by atoms with Crippen LogP contribution in [0.15, 0.2) is 67.0 Å². The third-order valence-corrected chi connectivity index (χ3v) is 4.42. The molecule has 0 saturated heterocycles. The van der Waals surface area contributed by atoms with E-state index in [1.165, 1.54) is 0 Å². The molecule has 0 aliphatic heterocycles. The normalized spacial score (nSPS) is 11.9. The van der Waals surface area contributed by atoms with Crippen LogP contribution in [-0.4, -0.2) is 10.9 Å². The molecule has 0 unspecified atom stereocenters. The van der Waals surface area contributed by atoms with E-state index in [9.17, 15) is 4.79 Å². The number of pyridine rings is 1. The minimum atomic E-state index is -0.424. The minimum absolute atomic E-state index is 0.0200. The molecule has 1 heterocycles. The molecule has 1 amide bonds. The Morgan fingerprint density at radius 2 is 1.67 bits per heavy atom. The fourth-order valence-corrected chi connectivity index (χ4v) is 2.93. The summed E-state index contributed by atoms with van der Waals surface area (Å²) in [6.45, 7) is 2.06. The van der Waals surface area contributed by atoms with Crippen molar-refractivity contribution in [3.63, 3.8) is 0 Å². The van der Waals surface area contributed by atoms with E-state index in [-0.39, 0.29) is 5.92 Å². The van der Waals surface area contributed by atoms with Crippen LogP contribution in [0.2, 0.25) is 5.02 Å². The van der Waals surface area contributed by atoms with Crippen molar-refractivity contribution in [1.29, 1.82) is 0 Å². The number of halogens is 1. The van der Waals surface area contributed by atoms with Gasteiger partial charge in [0.2, 0.25) is 5.91 Å². The van der Waals surface area contributed by atoms with Crippen LogP contribution >= 0.6 is 11.6 Å². The van der Waals surface area contributed by atoms with Crippen molar-refractivity contribution in [2.75, 3.05) is 0 Å². The molecule has 1 aromatic heterocycles. The maximum Gasteiger partial charge on any atom is 0.248 e. The lowest BCUT2D eigenvalue weighted by molar-refractivity contribution is 0.0999. The zero-order valence-corrected chi connectivity index (χ0v) is 14.0. The maximum atomic E-state index is 11.9. The SMILES string of the molecule is C[C@@H](c1ccc(Cl)cc1)c1cc(-c2ccncc2)ccc1C(N)=O. The molecule has 24 heavy (non-hydrogen) atoms. The lowest BCUT2D eigenvalue weighted by Crippen LogP contribution is -2.15. The number of hydrogen-bond donors (Lipinski definition) is 1. The Morgan fingerprint density at radius 1 is 1.00 bits per heavy atom. The zero-order valence-electron chi connectivity index (χ0n) is 13.2. The summed E-state index contributed by atoms with van der Waals surface area (Å²) in [5.74, 6) is -0.404. The van der Waals surface area contributed by atoms with Crippen LogP contribution < -0.4 is 5.73 Å². The summed E-state index contributed by atoms with van der Waals surface area (Å²) < 4.78 is 0. The summed E-state index contributed by atoms with van der Waals surface area (Å²) in [4.78, 5) is 15.9. The Balaban J connectivity index is 2.09. The molecule has 3 rings (SSSR count). The molecule has 3 nitrogen and oxygen atoms in total. The number of nitrogens with two attached hydrogens (primary N) is 1. The minimum Gasteiger partial charge on any atom is -0.366 e. The van der Waals surface area contributed by atoms with Crippen LogP contribution in [0, 0.1) is 0 Å². The highest BCUT2D eigenvalue weighted by atomic mass is 35.5. The van der Waals surface area contributed by atoms with Crippen molar-refractivity contribution in [2.45, 2.75) is 12.8 Å². The molecule has 0 bridgehead atoms. The highest BCUT2D eigenvalue weighted by molar-refractivity contribution is 6.30. The summed E-state index contributed by atoms with van der Waals surface area (Å²) in [5, 5.41) is 0.687. The van der Waals surface area contributed by atoms with Gasteiger partial charge in [0.1, 0.15) is 0 Å². The van der Waals surface area contributed by atoms with Gasteiger partial charge in [-0.3, -0.25) is 9.78 Å². The Hall–Kier alpha value is -2.65. The van der Waals surface area contributed by atoms with Gasteiger partial charge in [0.05, 0.1) is 0 Å². The topological polar surface area (TPSA) is 56.0 Å². The highest BCUT2D eigenvalue weighted by Gasteiger charge is 2.17. The number of primary amides is 1. The molecule has 3 aromatic rings. The van der Waals surface area contributed by atoms with Crippen LogP contribution in [0.3, 0.4) is 0 Å². The summed E-state index contributed by atoms with van der Waals surface area (Å²) >= 11 is 5.97. The van der Waals surface area contributed by atoms with E-state index in [2.05, 4.69) is 11.9 Å². The molecular weight excluding hydrogens is 320 g/mol. The molecular formula is C20H17ClN2O. The van der Waals surface area contributed by atoms with Gasteiger partial charge in [-0.15, -0.1) is 0 Å². The number of carbonyl (C=O) groups excluding carboxylic acids is 1. The zero-order chi connectivity index (χ0) is 17.1. The molecule has 120 valence electrons. The first kappa shape index (κ1) is 16.2. The first-order chi connectivity index (χ1) is 11.6. The maximum absolute atomic E-state index is 11.9. The number of benzene rings is 2. The van der Waals surface area contributed by atoms with E-state index in [0.29, 0.717) is 10.6 Å². The first-order valence-corrected chi connectivity index (χ1v) is 8.03. The van der Waals surface area contributed by atoms with Gasteiger partial charge >= 0.3 is 0 Å². The van der Waals surface area contributed by atoms with Gasteiger partial charge in [-0.2, -0.15) is 0 Å². The summed E-state index contributed by atoms with van der Waals surface area (Å²) in [6, 6.07) is 17.2. The molecule has 2 N–H and O–H groups in total. The highest BCUT2D eigenvalue weighted by Crippen LogP contribution is 2.31. The van der Waals surface area contributed by atoms with Crippen molar-refractivity contribution in [1.82, 2.24) is 4.98 Å². The molecule has 0 aliphatic carbocycles. The summed E-state index contributed by atoms with van der Waals surface area (Å²) in [7, 11) is 0. The molecule has 0 aliphatic rings. The van der Waals surface area contributed by atoms with Crippen molar-refractivity contribution in [3.8, 4) is 11.1 Å². The van der Waals surface area contributed by atoms with Crippen molar-refractivity contribution in [3.05, 3.63) is 88.7 Å². The number of rotatable bonds is 4. The number of aromatic nitrogens is 1. The summed E-state index contributed by atoms with van der Waals surface area (Å²) in [6.07, 6.45) is 3.50. The molecule has 2 aromatic carbocycles. The number of nitrogens with zero attached hydrogens (tertiary/aromatic N) is 1. The Kier molecular flexibility index (Phi) is 4.63. The molecule has 4 heteroatoms. The number of carbonyl (C=O) groups is 1. The second-order valence-corrected chi connectivity index (χ2v) is 6.11. The first-order valence-electron chi connectivity index (χ1n) is 7.66. The van der Waals surface area contributed by atoms with E-state index in [0.717, 1.165) is 22.3 Å². The second-order valence-electron chi connectivity index (χ2n) is 5.68. The van der Waals surface area contributed by atoms with Gasteiger partial charge < -0.3 is 5.73 Å². The predicted octanol–water partition coefficient (Wildman–Crippen LogP) is 4.65. The van der Waals surface area contributed by atoms with E-state index in [4.69, 9.17) is 17.3 Å². The fraction of sp³-hybridized carbons (Fsp3) is 0.100. The number of hydrogen-bond acceptors (Lipinski definition) is 2. The van der Waals surface area contributed by atoms with Gasteiger partial charge in [-0.25, -0.2) is 0 Å². The molecule has 0 saturated carbocycles. The second kappa shape index (κ2) is 6.85. The molecule has 0 fully saturated rings. The third-order valence-electron chi connectivity index (χ3n) is 4.17. The van der Waals surface area contributed by atoms with Crippen LogP contribution in [0.4, 0.5) is 0 Å². The average Bonchev–Trinajstić information content (AvgIpc) is 2.62. The van der Waals surface area contributed by atoms with E-state index in [1.807, 2.05) is 48.5 Å². The van der Waals surface area contributed by atoms with Crippen molar-refractivity contribution < 1.29 is 4.79 Å². The fourth-order valence-electron chi connectivity index (χ4n) is 2.80.